The van der Waals surface area contributed by atoms with Gasteiger partial charge in [-0.1, -0.05) is 36.4 Å². The zero-order valence-electron chi connectivity index (χ0n) is 9.76. The van der Waals surface area contributed by atoms with Gasteiger partial charge in [0.1, 0.15) is 0 Å². The number of hydrogen-bond donors (Lipinski definition) is 1. The van der Waals surface area contributed by atoms with Gasteiger partial charge in [0.15, 0.2) is 0 Å². The number of hydrogen-bond acceptors (Lipinski definition) is 2. The first kappa shape index (κ1) is 10.5. The maximum atomic E-state index is 4.30. The summed E-state index contributed by atoms with van der Waals surface area (Å²) < 4.78 is 0. The van der Waals surface area contributed by atoms with Crippen LogP contribution < -0.4 is 5.32 Å². The van der Waals surface area contributed by atoms with Gasteiger partial charge < -0.3 is 5.32 Å². The summed E-state index contributed by atoms with van der Waals surface area (Å²) in [5, 5.41) is 6.11. The lowest BCUT2D eigenvalue weighted by atomic mass is 10.1. The molecule has 0 fully saturated rings. The third-order valence-electron chi connectivity index (χ3n) is 3.34. The molecule has 3 rings (SSSR count). The van der Waals surface area contributed by atoms with Crippen LogP contribution in [0.3, 0.4) is 0 Å². The molecule has 2 nitrogen and oxygen atoms in total. The van der Waals surface area contributed by atoms with Gasteiger partial charge in [-0.25, -0.2) is 0 Å². The fraction of sp³-hybridized carbons (Fsp3) is 0.267. The Balaban J connectivity index is 1.80. The van der Waals surface area contributed by atoms with Crippen LogP contribution in [0.25, 0.3) is 10.8 Å². The molecule has 2 aromatic rings. The minimum Gasteiger partial charge on any atom is -0.309 e. The van der Waals surface area contributed by atoms with E-state index >= 15 is 0 Å². The molecule has 1 aromatic heterocycles. The van der Waals surface area contributed by atoms with Crippen LogP contribution >= 0.6 is 0 Å². The van der Waals surface area contributed by atoms with Crippen LogP contribution in [-0.2, 0) is 6.54 Å². The molecule has 1 aromatic carbocycles. The molecule has 0 spiro atoms. The minimum absolute atomic E-state index is 0.606. The highest BCUT2D eigenvalue weighted by Crippen LogP contribution is 2.17. The lowest BCUT2D eigenvalue weighted by molar-refractivity contribution is 0.539. The smallest absolute Gasteiger partial charge is 0.0346 e. The normalized spacial score (nSPS) is 15.8. The molecule has 1 aliphatic rings. The van der Waals surface area contributed by atoms with Crippen molar-refractivity contribution in [1.82, 2.24) is 10.3 Å². The Morgan fingerprint density at radius 3 is 2.82 bits per heavy atom. The summed E-state index contributed by atoms with van der Waals surface area (Å²) in [5.74, 6) is 0. The Morgan fingerprint density at radius 1 is 1.12 bits per heavy atom. The topological polar surface area (TPSA) is 24.9 Å². The van der Waals surface area contributed by atoms with Crippen LogP contribution in [0.1, 0.15) is 18.4 Å². The molecule has 0 bridgehead atoms. The Kier molecular flexibility index (Phi) is 2.88. The largest absolute Gasteiger partial charge is 0.309 e. The second-order valence-electron chi connectivity index (χ2n) is 4.54. The molecule has 1 aliphatic carbocycles. The van der Waals surface area contributed by atoms with Crippen LogP contribution in [0.15, 0.2) is 48.8 Å². The van der Waals surface area contributed by atoms with Crippen molar-refractivity contribution in [2.75, 3.05) is 0 Å². The van der Waals surface area contributed by atoms with Gasteiger partial charge in [-0.15, -0.1) is 0 Å². The highest BCUT2D eigenvalue weighted by Gasteiger charge is 2.09. The molecule has 0 saturated heterocycles. The van der Waals surface area contributed by atoms with Gasteiger partial charge in [0.25, 0.3) is 0 Å². The van der Waals surface area contributed by atoms with Crippen molar-refractivity contribution < 1.29 is 0 Å². The minimum atomic E-state index is 0.606. The fourth-order valence-corrected chi connectivity index (χ4v) is 2.36. The number of nitrogens with zero attached hydrogens (tertiary/aromatic N) is 1. The van der Waals surface area contributed by atoms with E-state index in [-0.39, 0.29) is 0 Å². The quantitative estimate of drug-likeness (QED) is 0.810. The summed E-state index contributed by atoms with van der Waals surface area (Å²) in [6.07, 6.45) is 10.7. The molecule has 0 atom stereocenters. The molecule has 17 heavy (non-hydrogen) atoms. The summed E-state index contributed by atoms with van der Waals surface area (Å²) in [6, 6.07) is 9.03. The third kappa shape index (κ3) is 2.22. The van der Waals surface area contributed by atoms with Gasteiger partial charge in [0, 0.05) is 30.4 Å². The van der Waals surface area contributed by atoms with Crippen molar-refractivity contribution in [3.05, 3.63) is 54.4 Å². The molecule has 0 amide bonds. The Bertz CT molecular complexity index is 532. The molecule has 0 saturated carbocycles. The summed E-state index contributed by atoms with van der Waals surface area (Å²) >= 11 is 0. The van der Waals surface area contributed by atoms with Gasteiger partial charge in [-0.05, 0) is 23.8 Å². The SMILES string of the molecule is C1=CCC(NCc2cncc3ccccc23)C1. The molecule has 86 valence electrons. The fourth-order valence-electron chi connectivity index (χ4n) is 2.36. The maximum Gasteiger partial charge on any atom is 0.0346 e. The number of nitrogens with one attached hydrogen (secondary N) is 1. The predicted molar refractivity (Wildman–Crippen MR) is 70.7 cm³/mol. The standard InChI is InChI=1S/C15H16N2/c1-4-8-15-12(5-1)9-16-10-13(15)11-17-14-6-2-3-7-14/h1-5,8-10,14,17H,6-7,11H2. The first-order valence-corrected chi connectivity index (χ1v) is 6.13. The molecule has 1 heterocycles. The third-order valence-corrected chi connectivity index (χ3v) is 3.34. The molecule has 1 N–H and O–H groups in total. The number of fused-ring (bicyclic) bond motifs is 1. The Hall–Kier alpha value is -1.67. The van der Waals surface area contributed by atoms with E-state index in [0.717, 1.165) is 19.4 Å². The Labute approximate surface area is 101 Å². The van der Waals surface area contributed by atoms with E-state index in [1.807, 2.05) is 12.4 Å². The average molecular weight is 224 g/mol. The lowest BCUT2D eigenvalue weighted by Gasteiger charge is -2.13. The monoisotopic (exact) mass is 224 g/mol. The first-order valence-electron chi connectivity index (χ1n) is 6.13. The van der Waals surface area contributed by atoms with Crippen LogP contribution in [0.5, 0.6) is 0 Å². The van der Waals surface area contributed by atoms with E-state index in [2.05, 4.69) is 46.7 Å². The molecule has 0 unspecified atom stereocenters. The van der Waals surface area contributed by atoms with Crippen molar-refractivity contribution in [2.45, 2.75) is 25.4 Å². The van der Waals surface area contributed by atoms with Gasteiger partial charge >= 0.3 is 0 Å². The second kappa shape index (κ2) is 4.68. The number of benzene rings is 1. The van der Waals surface area contributed by atoms with E-state index in [1.165, 1.54) is 16.3 Å². The van der Waals surface area contributed by atoms with E-state index in [1.54, 1.807) is 0 Å². The lowest BCUT2D eigenvalue weighted by Crippen LogP contribution is -2.25. The van der Waals surface area contributed by atoms with Gasteiger partial charge in [-0.3, -0.25) is 4.98 Å². The van der Waals surface area contributed by atoms with Crippen molar-refractivity contribution in [3.63, 3.8) is 0 Å². The van der Waals surface area contributed by atoms with Gasteiger partial charge in [0.05, 0.1) is 0 Å². The first-order chi connectivity index (χ1) is 8.43. The number of aromatic nitrogens is 1. The summed E-state index contributed by atoms with van der Waals surface area (Å²) in [7, 11) is 0. The molecule has 0 radical (unpaired) electrons. The van der Waals surface area contributed by atoms with Gasteiger partial charge in [-0.2, -0.15) is 0 Å². The van der Waals surface area contributed by atoms with E-state index in [0.29, 0.717) is 6.04 Å². The highest BCUT2D eigenvalue weighted by molar-refractivity contribution is 5.84. The maximum absolute atomic E-state index is 4.30. The van der Waals surface area contributed by atoms with Crippen LogP contribution in [0.2, 0.25) is 0 Å². The molecule has 0 aliphatic heterocycles. The predicted octanol–water partition coefficient (Wildman–Crippen LogP) is 3.04. The number of rotatable bonds is 3. The van der Waals surface area contributed by atoms with Crippen molar-refractivity contribution in [3.8, 4) is 0 Å². The van der Waals surface area contributed by atoms with E-state index in [4.69, 9.17) is 0 Å². The number of pyridine rings is 1. The zero-order valence-corrected chi connectivity index (χ0v) is 9.76. The Morgan fingerprint density at radius 2 is 1.94 bits per heavy atom. The van der Waals surface area contributed by atoms with Gasteiger partial charge in [0.2, 0.25) is 0 Å². The highest BCUT2D eigenvalue weighted by atomic mass is 14.9. The molecule has 2 heteroatoms. The summed E-state index contributed by atoms with van der Waals surface area (Å²) in [5.41, 5.74) is 1.29. The van der Waals surface area contributed by atoms with Crippen LogP contribution in [-0.4, -0.2) is 11.0 Å². The van der Waals surface area contributed by atoms with Crippen molar-refractivity contribution in [1.29, 1.82) is 0 Å². The molecular weight excluding hydrogens is 208 g/mol. The van der Waals surface area contributed by atoms with Crippen LogP contribution in [0, 0.1) is 0 Å². The van der Waals surface area contributed by atoms with E-state index in [9.17, 15) is 0 Å². The van der Waals surface area contributed by atoms with Crippen molar-refractivity contribution >= 4 is 10.8 Å². The van der Waals surface area contributed by atoms with Crippen LogP contribution in [0.4, 0.5) is 0 Å². The summed E-state index contributed by atoms with van der Waals surface area (Å²) in [6.45, 7) is 0.903. The molecular formula is C15H16N2. The summed E-state index contributed by atoms with van der Waals surface area (Å²) in [4.78, 5) is 4.30. The zero-order chi connectivity index (χ0) is 11.5. The van der Waals surface area contributed by atoms with Crippen molar-refractivity contribution in [2.24, 2.45) is 0 Å². The van der Waals surface area contributed by atoms with E-state index < -0.39 is 0 Å². The average Bonchev–Trinajstić information content (AvgIpc) is 2.89. The second-order valence-corrected chi connectivity index (χ2v) is 4.54.